The first-order chi connectivity index (χ1) is 10.3. The smallest absolute Gasteiger partial charge is 0.323 e. The van der Waals surface area contributed by atoms with Crippen molar-refractivity contribution in [1.82, 2.24) is 9.47 Å². The predicted octanol–water partition coefficient (Wildman–Crippen LogP) is 2.53. The molecule has 2 aromatic rings. The first kappa shape index (κ1) is 13.6. The summed E-state index contributed by atoms with van der Waals surface area (Å²) in [5.41, 5.74) is 1.42. The number of carbonyl (C=O) groups is 1. The summed E-state index contributed by atoms with van der Waals surface area (Å²) in [6.45, 7) is 1.58. The van der Waals surface area contributed by atoms with Gasteiger partial charge in [0.1, 0.15) is 0 Å². The van der Waals surface area contributed by atoms with Crippen LogP contribution in [0.25, 0.3) is 5.69 Å². The molecule has 5 nitrogen and oxygen atoms in total. The van der Waals surface area contributed by atoms with Crippen LogP contribution in [0.3, 0.4) is 0 Å². The second kappa shape index (κ2) is 5.94. The first-order valence-electron chi connectivity index (χ1n) is 6.78. The topological polar surface area (TPSA) is 61.4 Å². The molecular weight excluding hydrogens is 284 g/mol. The molecule has 0 bridgehead atoms. The summed E-state index contributed by atoms with van der Waals surface area (Å²) < 4.78 is 1.83. The monoisotopic (exact) mass is 298 g/mol. The zero-order valence-corrected chi connectivity index (χ0v) is 12.2. The minimum atomic E-state index is -0.180. The fourth-order valence-corrected chi connectivity index (χ4v) is 3.05. The van der Waals surface area contributed by atoms with Crippen molar-refractivity contribution in [3.8, 4) is 11.8 Å². The van der Waals surface area contributed by atoms with Gasteiger partial charge in [-0.15, -0.1) is 11.3 Å². The molecule has 0 unspecified atom stereocenters. The molecular formula is C15H14N4OS. The number of carbonyl (C=O) groups excluding carboxylic acids is 1. The van der Waals surface area contributed by atoms with E-state index in [9.17, 15) is 4.79 Å². The fraction of sp³-hybridized carbons (Fsp3) is 0.267. The maximum Gasteiger partial charge on any atom is 0.346 e. The number of nitriles is 1. The Morgan fingerprint density at radius 2 is 2.14 bits per heavy atom. The van der Waals surface area contributed by atoms with Crippen LogP contribution < -0.4 is 4.80 Å². The van der Waals surface area contributed by atoms with Crippen LogP contribution in [0.4, 0.5) is 4.79 Å². The minimum absolute atomic E-state index is 0.180. The van der Waals surface area contributed by atoms with Crippen LogP contribution >= 0.6 is 11.3 Å². The Labute approximate surface area is 126 Å². The molecule has 106 valence electrons. The van der Waals surface area contributed by atoms with Crippen LogP contribution in [0.2, 0.25) is 0 Å². The minimum Gasteiger partial charge on any atom is -0.323 e. The van der Waals surface area contributed by atoms with E-state index in [0.29, 0.717) is 10.4 Å². The molecule has 1 aliphatic heterocycles. The quantitative estimate of drug-likeness (QED) is 0.812. The van der Waals surface area contributed by atoms with E-state index in [2.05, 4.69) is 11.1 Å². The molecule has 0 radical (unpaired) electrons. The number of hydrogen-bond acceptors (Lipinski definition) is 3. The lowest BCUT2D eigenvalue weighted by Crippen LogP contribution is -2.27. The summed E-state index contributed by atoms with van der Waals surface area (Å²) in [6, 6.07) is 9.19. The molecule has 0 saturated carbocycles. The third kappa shape index (κ3) is 2.88. The molecule has 21 heavy (non-hydrogen) atoms. The molecule has 2 heterocycles. The Morgan fingerprint density at radius 3 is 2.90 bits per heavy atom. The van der Waals surface area contributed by atoms with Crippen molar-refractivity contribution >= 4 is 17.4 Å². The number of nitrogens with zero attached hydrogens (tertiary/aromatic N) is 4. The molecule has 0 N–H and O–H groups in total. The maximum absolute atomic E-state index is 12.1. The van der Waals surface area contributed by atoms with Crippen LogP contribution in [-0.4, -0.2) is 28.6 Å². The summed E-state index contributed by atoms with van der Waals surface area (Å²) in [7, 11) is 0. The van der Waals surface area contributed by atoms with Gasteiger partial charge >= 0.3 is 6.03 Å². The highest BCUT2D eigenvalue weighted by molar-refractivity contribution is 7.07. The highest BCUT2D eigenvalue weighted by atomic mass is 32.1. The summed E-state index contributed by atoms with van der Waals surface area (Å²) in [5, 5.41) is 10.9. The summed E-state index contributed by atoms with van der Waals surface area (Å²) >= 11 is 1.41. The van der Waals surface area contributed by atoms with E-state index < -0.39 is 0 Å². The number of thiazole rings is 1. The SMILES string of the molecule is N#Cc1cccc(-n2ccsc2=NC(=O)N2CCCC2)c1. The third-order valence-electron chi connectivity index (χ3n) is 3.41. The second-order valence-electron chi connectivity index (χ2n) is 4.81. The molecule has 1 aromatic carbocycles. The first-order valence-corrected chi connectivity index (χ1v) is 7.66. The number of hydrogen-bond donors (Lipinski definition) is 0. The largest absolute Gasteiger partial charge is 0.346 e. The van der Waals surface area contributed by atoms with Crippen molar-refractivity contribution in [2.75, 3.05) is 13.1 Å². The Balaban J connectivity index is 1.97. The number of urea groups is 1. The number of likely N-dealkylation sites (tertiary alicyclic amines) is 1. The van der Waals surface area contributed by atoms with Gasteiger partial charge in [0.25, 0.3) is 0 Å². The van der Waals surface area contributed by atoms with Gasteiger partial charge in [-0.05, 0) is 31.0 Å². The van der Waals surface area contributed by atoms with Gasteiger partial charge in [0, 0.05) is 30.4 Å². The van der Waals surface area contributed by atoms with Crippen molar-refractivity contribution in [3.63, 3.8) is 0 Å². The van der Waals surface area contributed by atoms with E-state index in [-0.39, 0.29) is 6.03 Å². The van der Waals surface area contributed by atoms with E-state index in [0.717, 1.165) is 31.6 Å². The lowest BCUT2D eigenvalue weighted by Gasteiger charge is -2.10. The van der Waals surface area contributed by atoms with Crippen molar-refractivity contribution in [1.29, 1.82) is 5.26 Å². The maximum atomic E-state index is 12.1. The zero-order chi connectivity index (χ0) is 14.7. The molecule has 1 fully saturated rings. The highest BCUT2D eigenvalue weighted by Gasteiger charge is 2.17. The van der Waals surface area contributed by atoms with Crippen LogP contribution in [0, 0.1) is 11.3 Å². The Bertz CT molecular complexity index is 762. The molecule has 1 aromatic heterocycles. The molecule has 1 aliphatic rings. The van der Waals surface area contributed by atoms with Crippen molar-refractivity contribution < 1.29 is 4.79 Å². The van der Waals surface area contributed by atoms with Gasteiger partial charge in [0.2, 0.25) is 0 Å². The Hall–Kier alpha value is -2.39. The lowest BCUT2D eigenvalue weighted by molar-refractivity contribution is 0.218. The van der Waals surface area contributed by atoms with Crippen LogP contribution in [-0.2, 0) is 0 Å². The van der Waals surface area contributed by atoms with Crippen molar-refractivity contribution in [2.24, 2.45) is 4.99 Å². The van der Waals surface area contributed by atoms with Gasteiger partial charge in [-0.1, -0.05) is 6.07 Å². The number of rotatable bonds is 1. The summed E-state index contributed by atoms with van der Waals surface area (Å²) in [4.78, 5) is 18.7. The average Bonchev–Trinajstić information content (AvgIpc) is 3.18. The average molecular weight is 298 g/mol. The van der Waals surface area contributed by atoms with Gasteiger partial charge in [-0.3, -0.25) is 4.57 Å². The van der Waals surface area contributed by atoms with Gasteiger partial charge in [-0.2, -0.15) is 10.3 Å². The Kier molecular flexibility index (Phi) is 3.84. The molecule has 2 amide bonds. The standard InChI is InChI=1S/C15H14N4OS/c16-11-12-4-3-5-13(10-12)19-8-9-21-15(19)17-14(20)18-6-1-2-7-18/h3-5,8-10H,1-2,6-7H2. The predicted molar refractivity (Wildman–Crippen MR) is 80.1 cm³/mol. The van der Waals surface area contributed by atoms with E-state index in [1.165, 1.54) is 11.3 Å². The number of amides is 2. The van der Waals surface area contributed by atoms with Crippen molar-refractivity contribution in [3.05, 3.63) is 46.2 Å². The molecule has 0 spiro atoms. The lowest BCUT2D eigenvalue weighted by atomic mass is 10.2. The molecule has 0 aliphatic carbocycles. The Morgan fingerprint density at radius 1 is 1.33 bits per heavy atom. The van der Waals surface area contributed by atoms with Crippen LogP contribution in [0.1, 0.15) is 18.4 Å². The summed E-state index contributed by atoms with van der Waals surface area (Å²) in [6.07, 6.45) is 3.96. The normalized spacial score (nSPS) is 15.2. The number of aromatic nitrogens is 1. The van der Waals surface area contributed by atoms with Crippen LogP contribution in [0.15, 0.2) is 40.8 Å². The van der Waals surface area contributed by atoms with E-state index >= 15 is 0 Å². The van der Waals surface area contributed by atoms with E-state index in [1.54, 1.807) is 17.0 Å². The van der Waals surface area contributed by atoms with E-state index in [4.69, 9.17) is 5.26 Å². The zero-order valence-electron chi connectivity index (χ0n) is 11.4. The fourth-order valence-electron chi connectivity index (χ4n) is 2.34. The number of benzene rings is 1. The third-order valence-corrected chi connectivity index (χ3v) is 4.17. The second-order valence-corrected chi connectivity index (χ2v) is 5.68. The van der Waals surface area contributed by atoms with Gasteiger partial charge < -0.3 is 4.90 Å². The molecule has 1 saturated heterocycles. The van der Waals surface area contributed by atoms with Crippen molar-refractivity contribution in [2.45, 2.75) is 12.8 Å². The van der Waals surface area contributed by atoms with E-state index in [1.807, 2.05) is 28.3 Å². The molecule has 3 rings (SSSR count). The van der Waals surface area contributed by atoms with Gasteiger partial charge in [-0.25, -0.2) is 4.79 Å². The van der Waals surface area contributed by atoms with Gasteiger partial charge in [0.05, 0.1) is 11.6 Å². The highest BCUT2D eigenvalue weighted by Crippen LogP contribution is 2.11. The summed E-state index contributed by atoms with van der Waals surface area (Å²) in [5.74, 6) is 0. The van der Waals surface area contributed by atoms with Gasteiger partial charge in [0.15, 0.2) is 4.80 Å². The molecule has 0 atom stereocenters. The van der Waals surface area contributed by atoms with Crippen LogP contribution in [0.5, 0.6) is 0 Å². The molecule has 6 heteroatoms.